The van der Waals surface area contributed by atoms with Crippen molar-refractivity contribution in [2.75, 3.05) is 19.7 Å². The van der Waals surface area contributed by atoms with Crippen LogP contribution in [-0.4, -0.2) is 26.2 Å². The zero-order valence-corrected chi connectivity index (χ0v) is 5.02. The molecule has 0 aromatic carbocycles. The van der Waals surface area contributed by atoms with Crippen LogP contribution in [0.2, 0.25) is 0 Å². The summed E-state index contributed by atoms with van der Waals surface area (Å²) in [5.74, 6) is 0. The molecule has 8 heavy (non-hydrogen) atoms. The van der Waals surface area contributed by atoms with Gasteiger partial charge in [-0.05, 0) is 6.92 Å². The molecule has 48 valence electrons. The largest absolute Gasteiger partial charge is 0.468 e. The van der Waals surface area contributed by atoms with E-state index in [0.717, 1.165) is 0 Å². The number of hydrogen-bond acceptors (Lipinski definition) is 3. The van der Waals surface area contributed by atoms with Gasteiger partial charge < -0.3 is 10.1 Å². The van der Waals surface area contributed by atoms with Crippen LogP contribution in [0.25, 0.3) is 0 Å². The van der Waals surface area contributed by atoms with Crippen LogP contribution in [0.1, 0.15) is 6.92 Å². The topological polar surface area (TPSA) is 48.2 Å². The van der Waals surface area contributed by atoms with Gasteiger partial charge in [0.1, 0.15) is 0 Å². The lowest BCUT2D eigenvalue weighted by atomic mass is 10.9. The van der Waals surface area contributed by atoms with Gasteiger partial charge in [-0.1, -0.05) is 0 Å². The standard InChI is InChI=1S/C3H6O2.C2H5N/c1-2-5-3-4;1-2-3-1/h3H,2H2,1H3;3H,1-2H2. The number of ether oxygens (including phenoxy) is 1. The highest BCUT2D eigenvalue weighted by atomic mass is 16.5. The molecule has 0 aliphatic carbocycles. The summed E-state index contributed by atoms with van der Waals surface area (Å²) in [7, 11) is 0. The second kappa shape index (κ2) is 6.43. The number of hydrogen-bond donors (Lipinski definition) is 1. The molecule has 0 aromatic heterocycles. The zero-order chi connectivity index (χ0) is 6.24. The fourth-order valence-corrected chi connectivity index (χ4v) is 0.0680. The van der Waals surface area contributed by atoms with Crippen molar-refractivity contribution in [1.29, 1.82) is 0 Å². The van der Waals surface area contributed by atoms with Crippen LogP contribution in [0.4, 0.5) is 0 Å². The Morgan fingerprint density at radius 3 is 2.25 bits per heavy atom. The van der Waals surface area contributed by atoms with E-state index in [1.807, 2.05) is 0 Å². The van der Waals surface area contributed by atoms with E-state index >= 15 is 0 Å². The Balaban J connectivity index is 0.000000135. The lowest BCUT2D eigenvalue weighted by Gasteiger charge is -1.79. The van der Waals surface area contributed by atoms with E-state index in [2.05, 4.69) is 10.1 Å². The van der Waals surface area contributed by atoms with Gasteiger partial charge in [0.05, 0.1) is 6.61 Å². The average Bonchev–Trinajstić information content (AvgIpc) is 2.50. The predicted molar refractivity (Wildman–Crippen MR) is 30.6 cm³/mol. The maximum absolute atomic E-state index is 9.18. The molecule has 1 heterocycles. The molecule has 0 saturated carbocycles. The minimum Gasteiger partial charge on any atom is -0.468 e. The van der Waals surface area contributed by atoms with Gasteiger partial charge in [0.25, 0.3) is 6.47 Å². The SMILES string of the molecule is C1CN1.CCOC=O. The molecule has 0 radical (unpaired) electrons. The van der Waals surface area contributed by atoms with E-state index in [-0.39, 0.29) is 0 Å². The van der Waals surface area contributed by atoms with Crippen LogP contribution in [0.3, 0.4) is 0 Å². The molecule has 3 nitrogen and oxygen atoms in total. The number of nitrogens with one attached hydrogen (secondary N) is 1. The van der Waals surface area contributed by atoms with Gasteiger partial charge in [0.2, 0.25) is 0 Å². The highest BCUT2D eigenvalue weighted by Crippen LogP contribution is 1.65. The van der Waals surface area contributed by atoms with Crippen LogP contribution in [0.5, 0.6) is 0 Å². The fourth-order valence-electron chi connectivity index (χ4n) is 0.0680. The summed E-state index contributed by atoms with van der Waals surface area (Å²) < 4.78 is 4.15. The first kappa shape index (κ1) is 7.43. The van der Waals surface area contributed by atoms with Crippen molar-refractivity contribution >= 4 is 6.47 Å². The van der Waals surface area contributed by atoms with E-state index in [4.69, 9.17) is 0 Å². The highest BCUT2D eigenvalue weighted by molar-refractivity contribution is 5.36. The quantitative estimate of drug-likeness (QED) is 0.401. The summed E-state index contributed by atoms with van der Waals surface area (Å²) >= 11 is 0. The Labute approximate surface area is 49.0 Å². The number of carbonyl (C=O) groups excluding carboxylic acids is 1. The van der Waals surface area contributed by atoms with Crippen molar-refractivity contribution in [3.8, 4) is 0 Å². The molecule has 1 fully saturated rings. The third-order valence-electron chi connectivity index (χ3n) is 0.485. The molecular weight excluding hydrogens is 106 g/mol. The molecule has 0 aromatic rings. The second-order valence-corrected chi connectivity index (χ2v) is 1.30. The first-order valence-electron chi connectivity index (χ1n) is 2.67. The van der Waals surface area contributed by atoms with E-state index in [9.17, 15) is 4.79 Å². The second-order valence-electron chi connectivity index (χ2n) is 1.30. The molecule has 1 aliphatic rings. The normalized spacial score (nSPS) is 13.1. The van der Waals surface area contributed by atoms with E-state index < -0.39 is 0 Å². The Kier molecular flexibility index (Phi) is 5.97. The molecule has 1 N–H and O–H groups in total. The molecule has 1 aliphatic heterocycles. The summed E-state index contributed by atoms with van der Waals surface area (Å²) in [6.07, 6.45) is 0. The molecule has 1 rings (SSSR count). The summed E-state index contributed by atoms with van der Waals surface area (Å²) in [5.41, 5.74) is 0. The minimum absolute atomic E-state index is 0.431. The van der Waals surface area contributed by atoms with Crippen LogP contribution in [-0.2, 0) is 9.53 Å². The van der Waals surface area contributed by atoms with Gasteiger partial charge in [0.15, 0.2) is 0 Å². The van der Waals surface area contributed by atoms with Crippen molar-refractivity contribution in [2.24, 2.45) is 0 Å². The minimum atomic E-state index is 0.431. The van der Waals surface area contributed by atoms with Crippen molar-refractivity contribution in [3.05, 3.63) is 0 Å². The zero-order valence-electron chi connectivity index (χ0n) is 5.02. The molecule has 0 atom stereocenters. The molecule has 0 spiro atoms. The molecule has 0 amide bonds. The van der Waals surface area contributed by atoms with E-state index in [0.29, 0.717) is 13.1 Å². The van der Waals surface area contributed by atoms with Gasteiger partial charge >= 0.3 is 0 Å². The Morgan fingerprint density at radius 2 is 2.25 bits per heavy atom. The monoisotopic (exact) mass is 117 g/mol. The maximum atomic E-state index is 9.18. The summed E-state index contributed by atoms with van der Waals surface area (Å²) in [5, 5.41) is 3.00. The van der Waals surface area contributed by atoms with Crippen molar-refractivity contribution in [1.82, 2.24) is 5.32 Å². The van der Waals surface area contributed by atoms with Crippen LogP contribution >= 0.6 is 0 Å². The lowest BCUT2D eigenvalue weighted by Crippen LogP contribution is -1.80. The molecule has 1 saturated heterocycles. The summed E-state index contributed by atoms with van der Waals surface area (Å²) in [4.78, 5) is 9.18. The van der Waals surface area contributed by atoms with Gasteiger partial charge in [-0.15, -0.1) is 0 Å². The smallest absolute Gasteiger partial charge is 0.293 e. The maximum Gasteiger partial charge on any atom is 0.293 e. The van der Waals surface area contributed by atoms with Gasteiger partial charge in [-0.3, -0.25) is 4.79 Å². The summed E-state index contributed by atoms with van der Waals surface area (Å²) in [6, 6.07) is 0. The molecule has 3 heteroatoms. The van der Waals surface area contributed by atoms with Gasteiger partial charge in [-0.25, -0.2) is 0 Å². The Morgan fingerprint density at radius 1 is 1.75 bits per heavy atom. The van der Waals surface area contributed by atoms with Crippen LogP contribution in [0.15, 0.2) is 0 Å². The Hall–Kier alpha value is -0.570. The predicted octanol–water partition coefficient (Wildman–Crippen LogP) is -0.231. The van der Waals surface area contributed by atoms with Crippen molar-refractivity contribution < 1.29 is 9.53 Å². The molecular formula is C5H11NO2. The van der Waals surface area contributed by atoms with Gasteiger partial charge in [0, 0.05) is 13.1 Å². The fraction of sp³-hybridized carbons (Fsp3) is 0.800. The van der Waals surface area contributed by atoms with Crippen molar-refractivity contribution in [2.45, 2.75) is 6.92 Å². The first-order chi connectivity index (χ1) is 3.91. The number of rotatable bonds is 2. The lowest BCUT2D eigenvalue weighted by molar-refractivity contribution is -0.128. The van der Waals surface area contributed by atoms with E-state index in [1.54, 1.807) is 6.92 Å². The highest BCUT2D eigenvalue weighted by Gasteiger charge is 1.91. The third kappa shape index (κ3) is 18.0. The number of carbonyl (C=O) groups is 1. The van der Waals surface area contributed by atoms with Crippen molar-refractivity contribution in [3.63, 3.8) is 0 Å². The Bertz CT molecular complexity index is 51.6. The molecule has 0 bridgehead atoms. The van der Waals surface area contributed by atoms with Crippen LogP contribution in [0, 0.1) is 0 Å². The van der Waals surface area contributed by atoms with Gasteiger partial charge in [-0.2, -0.15) is 0 Å². The van der Waals surface area contributed by atoms with Crippen LogP contribution < -0.4 is 5.32 Å². The first-order valence-corrected chi connectivity index (χ1v) is 2.67. The third-order valence-corrected chi connectivity index (χ3v) is 0.485. The van der Waals surface area contributed by atoms with E-state index in [1.165, 1.54) is 13.1 Å². The summed E-state index contributed by atoms with van der Waals surface area (Å²) in [6.45, 7) is 5.16. The average molecular weight is 117 g/mol. The molecule has 0 unspecified atom stereocenters.